The number of aromatic nitrogens is 2. The summed E-state index contributed by atoms with van der Waals surface area (Å²) in [6.45, 7) is 1.82. The van der Waals surface area contributed by atoms with Gasteiger partial charge in [0.15, 0.2) is 11.5 Å². The third-order valence-electron chi connectivity index (χ3n) is 5.15. The van der Waals surface area contributed by atoms with Gasteiger partial charge in [-0.25, -0.2) is 9.97 Å². The topological polar surface area (TPSA) is 99.4 Å². The lowest BCUT2D eigenvalue weighted by atomic mass is 9.78. The fourth-order valence-electron chi connectivity index (χ4n) is 3.75. The number of fused-ring (bicyclic) bond motifs is 1. The van der Waals surface area contributed by atoms with Gasteiger partial charge in [0.2, 0.25) is 5.95 Å². The van der Waals surface area contributed by atoms with Crippen molar-refractivity contribution >= 4 is 11.6 Å². The molecule has 2 aliphatic rings. The van der Waals surface area contributed by atoms with Gasteiger partial charge in [-0.1, -0.05) is 18.9 Å². The monoisotopic (exact) mass is 356 g/mol. The molecule has 1 aromatic heterocycles. The molecule has 0 bridgehead atoms. The van der Waals surface area contributed by atoms with Gasteiger partial charge in [-0.05, 0) is 30.5 Å². The molecule has 0 amide bonds. The summed E-state index contributed by atoms with van der Waals surface area (Å²) >= 11 is 0. The lowest BCUT2D eigenvalue weighted by Gasteiger charge is -2.31. The van der Waals surface area contributed by atoms with Gasteiger partial charge in [0, 0.05) is 12.0 Å². The minimum atomic E-state index is -0.503. The first-order valence-electron chi connectivity index (χ1n) is 8.77. The molecule has 0 saturated heterocycles. The van der Waals surface area contributed by atoms with Crippen LogP contribution in [0.25, 0.3) is 0 Å². The van der Waals surface area contributed by atoms with Crippen molar-refractivity contribution in [3.05, 3.63) is 46.3 Å². The number of hydrogen-bond donors (Lipinski definition) is 1. The molecular formula is C18H20N4O4. The van der Waals surface area contributed by atoms with E-state index in [2.05, 4.69) is 27.4 Å². The highest BCUT2D eigenvalue weighted by molar-refractivity contribution is 5.47. The number of nitrogens with one attached hydrogen (secondary N) is 1. The zero-order valence-electron chi connectivity index (χ0n) is 14.3. The number of ether oxygens (including phenoxy) is 2. The number of rotatable bonds is 5. The average molecular weight is 356 g/mol. The molecular weight excluding hydrogens is 336 g/mol. The van der Waals surface area contributed by atoms with Crippen molar-refractivity contribution in [3.8, 4) is 11.5 Å². The Morgan fingerprint density at radius 3 is 2.50 bits per heavy atom. The Hall–Kier alpha value is -2.90. The maximum atomic E-state index is 10.7. The van der Waals surface area contributed by atoms with Gasteiger partial charge in [0.05, 0.1) is 4.92 Å². The maximum absolute atomic E-state index is 10.7. The average Bonchev–Trinajstić information content (AvgIpc) is 3.16. The fourth-order valence-corrected chi connectivity index (χ4v) is 3.75. The van der Waals surface area contributed by atoms with E-state index in [0.717, 1.165) is 37.2 Å². The first kappa shape index (κ1) is 16.6. The Kier molecular flexibility index (Phi) is 4.32. The molecule has 1 aliphatic heterocycles. The third-order valence-corrected chi connectivity index (χ3v) is 5.15. The SMILES string of the molecule is O=[N+]([O-])c1cnc(NCC2(c3ccc4c(c3)OCCO4)CCCC2)nc1. The lowest BCUT2D eigenvalue weighted by Crippen LogP contribution is -2.32. The molecule has 1 saturated carbocycles. The highest BCUT2D eigenvalue weighted by Crippen LogP contribution is 2.44. The minimum Gasteiger partial charge on any atom is -0.486 e. The van der Waals surface area contributed by atoms with E-state index in [9.17, 15) is 10.1 Å². The summed E-state index contributed by atoms with van der Waals surface area (Å²) in [4.78, 5) is 18.3. The molecule has 1 aromatic carbocycles. The van der Waals surface area contributed by atoms with E-state index in [4.69, 9.17) is 9.47 Å². The molecule has 1 fully saturated rings. The van der Waals surface area contributed by atoms with Crippen molar-refractivity contribution in [1.29, 1.82) is 0 Å². The second-order valence-corrected chi connectivity index (χ2v) is 6.72. The van der Waals surface area contributed by atoms with E-state index >= 15 is 0 Å². The van der Waals surface area contributed by atoms with E-state index in [1.54, 1.807) is 0 Å². The zero-order chi connectivity index (χ0) is 18.0. The van der Waals surface area contributed by atoms with Crippen LogP contribution < -0.4 is 14.8 Å². The lowest BCUT2D eigenvalue weighted by molar-refractivity contribution is -0.385. The van der Waals surface area contributed by atoms with Crippen LogP contribution in [0.5, 0.6) is 11.5 Å². The van der Waals surface area contributed by atoms with Crippen molar-refractivity contribution in [2.24, 2.45) is 0 Å². The van der Waals surface area contributed by atoms with Gasteiger partial charge in [0.1, 0.15) is 25.6 Å². The highest BCUT2D eigenvalue weighted by Gasteiger charge is 2.36. The minimum absolute atomic E-state index is 0.0268. The van der Waals surface area contributed by atoms with Crippen LogP contribution >= 0.6 is 0 Å². The molecule has 4 rings (SSSR count). The molecule has 0 atom stereocenters. The Morgan fingerprint density at radius 1 is 1.12 bits per heavy atom. The van der Waals surface area contributed by atoms with E-state index < -0.39 is 4.92 Å². The standard InChI is InChI=1S/C18H20N4O4/c23-22(24)14-10-19-17(20-11-14)21-12-18(5-1-2-6-18)13-3-4-15-16(9-13)26-8-7-25-15/h3-4,9-11H,1-2,5-8,12H2,(H,19,20,21). The molecule has 26 heavy (non-hydrogen) atoms. The van der Waals surface area contributed by atoms with Crippen molar-refractivity contribution in [2.45, 2.75) is 31.1 Å². The predicted octanol–water partition coefficient (Wildman–Crippen LogP) is 3.08. The van der Waals surface area contributed by atoms with Crippen LogP contribution in [0.15, 0.2) is 30.6 Å². The van der Waals surface area contributed by atoms with Gasteiger partial charge < -0.3 is 14.8 Å². The van der Waals surface area contributed by atoms with Crippen molar-refractivity contribution < 1.29 is 14.4 Å². The summed E-state index contributed by atoms with van der Waals surface area (Å²) in [6, 6.07) is 6.17. The summed E-state index contributed by atoms with van der Waals surface area (Å²) in [5, 5.41) is 14.0. The second kappa shape index (κ2) is 6.78. The van der Waals surface area contributed by atoms with Crippen molar-refractivity contribution in [2.75, 3.05) is 25.1 Å². The number of anilines is 1. The Balaban J connectivity index is 1.54. The largest absolute Gasteiger partial charge is 0.486 e. The van der Waals surface area contributed by atoms with Crippen LogP contribution in [0.1, 0.15) is 31.2 Å². The number of nitro groups is 1. The normalized spacial score (nSPS) is 17.7. The van der Waals surface area contributed by atoms with Gasteiger partial charge in [-0.2, -0.15) is 0 Å². The molecule has 1 N–H and O–H groups in total. The summed E-state index contributed by atoms with van der Waals surface area (Å²) in [6.07, 6.45) is 6.90. The van der Waals surface area contributed by atoms with Gasteiger partial charge in [-0.3, -0.25) is 10.1 Å². The van der Waals surface area contributed by atoms with Gasteiger partial charge >= 0.3 is 5.69 Å². The van der Waals surface area contributed by atoms with Gasteiger partial charge in [0.25, 0.3) is 0 Å². The van der Waals surface area contributed by atoms with Crippen LogP contribution in [-0.2, 0) is 5.41 Å². The van der Waals surface area contributed by atoms with Crippen LogP contribution in [0, 0.1) is 10.1 Å². The summed E-state index contributed by atoms with van der Waals surface area (Å²) in [5.41, 5.74) is 1.08. The molecule has 0 spiro atoms. The highest BCUT2D eigenvalue weighted by atomic mass is 16.6. The smallest absolute Gasteiger partial charge is 0.305 e. The van der Waals surface area contributed by atoms with Crippen molar-refractivity contribution in [1.82, 2.24) is 9.97 Å². The molecule has 1 aliphatic carbocycles. The van der Waals surface area contributed by atoms with Gasteiger partial charge in [-0.15, -0.1) is 0 Å². The summed E-state index contributed by atoms with van der Waals surface area (Å²) in [7, 11) is 0. The van der Waals surface area contributed by atoms with Crippen LogP contribution in [0.3, 0.4) is 0 Å². The molecule has 0 unspecified atom stereocenters. The van der Waals surface area contributed by atoms with E-state index in [0.29, 0.717) is 25.7 Å². The van der Waals surface area contributed by atoms with E-state index in [-0.39, 0.29) is 11.1 Å². The summed E-state index contributed by atoms with van der Waals surface area (Å²) < 4.78 is 11.4. The maximum Gasteiger partial charge on any atom is 0.305 e. The van der Waals surface area contributed by atoms with Crippen LogP contribution in [0.2, 0.25) is 0 Å². The molecule has 8 heteroatoms. The van der Waals surface area contributed by atoms with Crippen LogP contribution in [-0.4, -0.2) is 34.6 Å². The van der Waals surface area contributed by atoms with E-state index in [1.165, 1.54) is 18.0 Å². The number of nitrogens with zero attached hydrogens (tertiary/aromatic N) is 3. The zero-order valence-corrected chi connectivity index (χ0v) is 14.3. The summed E-state index contributed by atoms with van der Waals surface area (Å²) in [5.74, 6) is 1.99. The fraction of sp³-hybridized carbons (Fsp3) is 0.444. The Bertz CT molecular complexity index is 803. The molecule has 2 heterocycles. The van der Waals surface area contributed by atoms with Crippen molar-refractivity contribution in [3.63, 3.8) is 0 Å². The Morgan fingerprint density at radius 2 is 1.81 bits per heavy atom. The third kappa shape index (κ3) is 3.14. The molecule has 0 radical (unpaired) electrons. The second-order valence-electron chi connectivity index (χ2n) is 6.72. The Labute approximate surface area is 150 Å². The van der Waals surface area contributed by atoms with E-state index in [1.807, 2.05) is 6.07 Å². The molecule has 8 nitrogen and oxygen atoms in total. The quantitative estimate of drug-likeness (QED) is 0.649. The van der Waals surface area contributed by atoms with Crippen LogP contribution in [0.4, 0.5) is 11.6 Å². The number of benzene rings is 1. The first-order valence-corrected chi connectivity index (χ1v) is 8.77. The molecule has 136 valence electrons. The predicted molar refractivity (Wildman–Crippen MR) is 94.8 cm³/mol. The first-order chi connectivity index (χ1) is 12.7. The molecule has 2 aromatic rings. The number of hydrogen-bond acceptors (Lipinski definition) is 7.